The van der Waals surface area contributed by atoms with E-state index >= 15 is 0 Å². The van der Waals surface area contributed by atoms with E-state index in [1.807, 2.05) is 18.3 Å². The molecule has 8 heteroatoms. The van der Waals surface area contributed by atoms with Gasteiger partial charge in [-0.15, -0.1) is 22.7 Å². The predicted octanol–water partition coefficient (Wildman–Crippen LogP) is 3.73. The van der Waals surface area contributed by atoms with Gasteiger partial charge in [0.05, 0.1) is 12.6 Å². The minimum atomic E-state index is -0.108. The van der Waals surface area contributed by atoms with Crippen LogP contribution >= 0.6 is 34.0 Å². The Morgan fingerprint density at radius 1 is 1.27 bits per heavy atom. The van der Waals surface area contributed by atoms with E-state index in [1.54, 1.807) is 11.3 Å². The van der Waals surface area contributed by atoms with Crippen LogP contribution in [0.4, 0.5) is 0 Å². The van der Waals surface area contributed by atoms with E-state index in [9.17, 15) is 4.79 Å². The van der Waals surface area contributed by atoms with Gasteiger partial charge < -0.3 is 0 Å². The van der Waals surface area contributed by atoms with Crippen LogP contribution in [0, 0.1) is 6.92 Å². The molecule has 1 atom stereocenters. The minimum absolute atomic E-state index is 0.108. The van der Waals surface area contributed by atoms with Gasteiger partial charge in [0.2, 0.25) is 4.96 Å². The molecule has 1 aliphatic heterocycles. The highest BCUT2D eigenvalue weighted by Crippen LogP contribution is 2.40. The van der Waals surface area contributed by atoms with Gasteiger partial charge in [-0.2, -0.15) is 9.61 Å². The summed E-state index contributed by atoms with van der Waals surface area (Å²) < 4.78 is 1.42. The van der Waals surface area contributed by atoms with Crippen molar-refractivity contribution in [2.45, 2.75) is 25.9 Å². The molecule has 0 saturated heterocycles. The number of aromatic nitrogens is 3. The Kier molecular flexibility index (Phi) is 4.00. The summed E-state index contributed by atoms with van der Waals surface area (Å²) in [6, 6.07) is 8.38. The lowest BCUT2D eigenvalue weighted by Gasteiger charge is -2.34. The van der Waals surface area contributed by atoms with Crippen molar-refractivity contribution in [3.63, 3.8) is 0 Å². The molecule has 0 aliphatic carbocycles. The third-order valence-electron chi connectivity index (χ3n) is 4.63. The average molecular weight is 401 g/mol. The van der Waals surface area contributed by atoms with Crippen LogP contribution in [-0.4, -0.2) is 26.0 Å². The van der Waals surface area contributed by atoms with E-state index in [-0.39, 0.29) is 11.6 Å². The quantitative estimate of drug-likeness (QED) is 0.526. The fourth-order valence-electron chi connectivity index (χ4n) is 3.52. The molecule has 0 N–H and O–H groups in total. The molecule has 0 aromatic carbocycles. The van der Waals surface area contributed by atoms with Crippen LogP contribution < -0.4 is 5.56 Å². The van der Waals surface area contributed by atoms with Gasteiger partial charge in [-0.05, 0) is 41.8 Å². The van der Waals surface area contributed by atoms with Crippen LogP contribution in [0.15, 0.2) is 39.8 Å². The molecule has 0 amide bonds. The van der Waals surface area contributed by atoms with Gasteiger partial charge in [0, 0.05) is 28.1 Å². The molecule has 0 radical (unpaired) electrons. The maximum Gasteiger partial charge on any atom is 0.275 e. The van der Waals surface area contributed by atoms with E-state index in [0.717, 1.165) is 30.2 Å². The summed E-state index contributed by atoms with van der Waals surface area (Å²) in [5.74, 6) is 0. The molecule has 5 nitrogen and oxygen atoms in total. The molecule has 132 valence electrons. The summed E-state index contributed by atoms with van der Waals surface area (Å²) in [7, 11) is 0. The smallest absolute Gasteiger partial charge is 0.275 e. The van der Waals surface area contributed by atoms with Crippen molar-refractivity contribution in [1.29, 1.82) is 0 Å². The Morgan fingerprint density at radius 2 is 2.19 bits per heavy atom. The first kappa shape index (κ1) is 16.3. The second-order valence-electron chi connectivity index (χ2n) is 6.36. The third-order valence-corrected chi connectivity index (χ3v) is 7.45. The van der Waals surface area contributed by atoms with Crippen LogP contribution in [-0.2, 0) is 13.0 Å². The van der Waals surface area contributed by atoms with Crippen molar-refractivity contribution in [1.82, 2.24) is 19.5 Å². The Hall–Kier alpha value is -1.87. The van der Waals surface area contributed by atoms with Crippen LogP contribution in [0.5, 0.6) is 0 Å². The molecule has 4 aromatic rings. The Morgan fingerprint density at radius 3 is 3.04 bits per heavy atom. The van der Waals surface area contributed by atoms with Gasteiger partial charge in [-0.3, -0.25) is 9.69 Å². The Bertz CT molecular complexity index is 1130. The number of nitrogens with zero attached hydrogens (tertiary/aromatic N) is 4. The van der Waals surface area contributed by atoms with Gasteiger partial charge in [0.25, 0.3) is 5.56 Å². The lowest BCUT2D eigenvalue weighted by Crippen LogP contribution is -2.34. The molecule has 26 heavy (non-hydrogen) atoms. The molecule has 4 aromatic heterocycles. The van der Waals surface area contributed by atoms with Crippen LogP contribution in [0.25, 0.3) is 4.96 Å². The second kappa shape index (κ2) is 6.38. The molecular formula is C18H16N4OS3. The van der Waals surface area contributed by atoms with Crippen molar-refractivity contribution < 1.29 is 0 Å². The molecule has 5 rings (SSSR count). The zero-order chi connectivity index (χ0) is 17.7. The maximum atomic E-state index is 12.1. The summed E-state index contributed by atoms with van der Waals surface area (Å²) in [5.41, 5.74) is 2.04. The number of aryl methyl sites for hydroxylation is 1. The van der Waals surface area contributed by atoms with Gasteiger partial charge in [-0.25, -0.2) is 4.98 Å². The van der Waals surface area contributed by atoms with E-state index < -0.39 is 0 Å². The highest BCUT2D eigenvalue weighted by molar-refractivity contribution is 7.16. The van der Waals surface area contributed by atoms with Gasteiger partial charge >= 0.3 is 0 Å². The Balaban J connectivity index is 1.53. The summed E-state index contributed by atoms with van der Waals surface area (Å²) in [6.07, 6.45) is 1.07. The molecule has 0 fully saturated rings. The zero-order valence-corrected chi connectivity index (χ0v) is 16.5. The number of hydrogen-bond donors (Lipinski definition) is 0. The first-order valence-corrected chi connectivity index (χ1v) is 11.0. The van der Waals surface area contributed by atoms with E-state index in [0.29, 0.717) is 4.96 Å². The third kappa shape index (κ3) is 2.73. The highest BCUT2D eigenvalue weighted by atomic mass is 32.1. The number of hydrogen-bond acceptors (Lipinski definition) is 7. The van der Waals surface area contributed by atoms with Crippen molar-refractivity contribution in [2.75, 3.05) is 6.54 Å². The molecule has 5 heterocycles. The van der Waals surface area contributed by atoms with Crippen molar-refractivity contribution in [2.24, 2.45) is 0 Å². The zero-order valence-electron chi connectivity index (χ0n) is 14.1. The van der Waals surface area contributed by atoms with E-state index in [4.69, 9.17) is 0 Å². The summed E-state index contributed by atoms with van der Waals surface area (Å²) >= 11 is 5.16. The second-order valence-corrected chi connectivity index (χ2v) is 9.38. The largest absolute Gasteiger partial charge is 0.284 e. The van der Waals surface area contributed by atoms with Crippen molar-refractivity contribution in [3.05, 3.63) is 71.4 Å². The summed E-state index contributed by atoms with van der Waals surface area (Å²) in [5, 5.41) is 9.79. The highest BCUT2D eigenvalue weighted by Gasteiger charge is 2.31. The molecule has 0 spiro atoms. The SMILES string of the molecule is Cc1cc(=O)n2nc(CN3CCc4sccc4C3c3cccs3)sc2n1. The van der Waals surface area contributed by atoms with Crippen molar-refractivity contribution >= 4 is 39.0 Å². The molecule has 1 aliphatic rings. The summed E-state index contributed by atoms with van der Waals surface area (Å²) in [6.45, 7) is 3.56. The average Bonchev–Trinajstić information content (AvgIpc) is 3.34. The van der Waals surface area contributed by atoms with E-state index in [1.165, 1.54) is 37.2 Å². The maximum absolute atomic E-state index is 12.1. The summed E-state index contributed by atoms with van der Waals surface area (Å²) in [4.78, 5) is 22.6. The topological polar surface area (TPSA) is 50.5 Å². The molecular weight excluding hydrogens is 384 g/mol. The molecule has 0 bridgehead atoms. The number of rotatable bonds is 3. The standard InChI is InChI=1S/C18H16N4OS3/c1-11-9-16(23)22-18(19-11)26-15(20-22)10-21-6-4-13-12(5-8-25-13)17(21)14-3-2-7-24-14/h2-3,5,7-9,17H,4,6,10H2,1H3. The van der Waals surface area contributed by atoms with Crippen LogP contribution in [0.1, 0.15) is 32.1 Å². The molecule has 0 saturated carbocycles. The number of fused-ring (bicyclic) bond motifs is 2. The normalized spacial score (nSPS) is 17.7. The first-order valence-electron chi connectivity index (χ1n) is 8.39. The van der Waals surface area contributed by atoms with Gasteiger partial charge in [0.1, 0.15) is 5.01 Å². The first-order chi connectivity index (χ1) is 12.7. The Labute approximate surface area is 162 Å². The lowest BCUT2D eigenvalue weighted by atomic mass is 9.98. The number of thiophene rings is 2. The lowest BCUT2D eigenvalue weighted by molar-refractivity contribution is 0.208. The van der Waals surface area contributed by atoms with Crippen molar-refractivity contribution in [3.8, 4) is 0 Å². The molecule has 1 unspecified atom stereocenters. The predicted molar refractivity (Wildman–Crippen MR) is 106 cm³/mol. The fraction of sp³-hybridized carbons (Fsp3) is 0.278. The monoisotopic (exact) mass is 400 g/mol. The minimum Gasteiger partial charge on any atom is -0.284 e. The van der Waals surface area contributed by atoms with E-state index in [2.05, 4.69) is 43.9 Å². The van der Waals surface area contributed by atoms with Gasteiger partial charge in [-0.1, -0.05) is 17.4 Å². The fourth-order valence-corrected chi connectivity index (χ4v) is 6.27. The van der Waals surface area contributed by atoms with Crippen LogP contribution in [0.2, 0.25) is 0 Å². The van der Waals surface area contributed by atoms with Crippen LogP contribution in [0.3, 0.4) is 0 Å². The van der Waals surface area contributed by atoms with Gasteiger partial charge in [0.15, 0.2) is 0 Å².